The fourth-order valence-corrected chi connectivity index (χ4v) is 3.80. The second-order valence-corrected chi connectivity index (χ2v) is 7.15. The number of likely N-dealkylation sites (tertiary alicyclic amines) is 1. The third kappa shape index (κ3) is 4.36. The number of carbonyl (C=O) groups excluding carboxylic acids is 2. The molecule has 6 heteroatoms. The Bertz CT molecular complexity index is 642. The van der Waals surface area contributed by atoms with Crippen LogP contribution in [0.5, 0.6) is 5.75 Å². The van der Waals surface area contributed by atoms with Gasteiger partial charge in [-0.3, -0.25) is 9.59 Å². The predicted octanol–water partition coefficient (Wildman–Crippen LogP) is 2.07. The summed E-state index contributed by atoms with van der Waals surface area (Å²) in [7, 11) is 3.52. The molecule has 0 bridgehead atoms. The van der Waals surface area contributed by atoms with Gasteiger partial charge in [-0.05, 0) is 37.0 Å². The normalized spacial score (nSPS) is 21.5. The first-order valence-corrected chi connectivity index (χ1v) is 9.33. The van der Waals surface area contributed by atoms with Gasteiger partial charge in [0.05, 0.1) is 13.0 Å². The number of carbonyl (C=O) groups is 2. The molecule has 142 valence electrons. The maximum atomic E-state index is 12.9. The van der Waals surface area contributed by atoms with E-state index in [0.717, 1.165) is 24.2 Å². The molecule has 1 atom stereocenters. The molecule has 0 saturated carbocycles. The van der Waals surface area contributed by atoms with Crippen LogP contribution in [0.1, 0.15) is 31.2 Å². The topological polar surface area (TPSA) is 59.1 Å². The highest BCUT2D eigenvalue weighted by molar-refractivity contribution is 5.84. The van der Waals surface area contributed by atoms with Gasteiger partial charge >= 0.3 is 0 Å². The Morgan fingerprint density at radius 1 is 1.31 bits per heavy atom. The Morgan fingerprint density at radius 2 is 2.08 bits per heavy atom. The van der Waals surface area contributed by atoms with E-state index in [4.69, 9.17) is 9.47 Å². The maximum absolute atomic E-state index is 12.9. The summed E-state index contributed by atoms with van der Waals surface area (Å²) in [6, 6.07) is 7.98. The molecule has 0 radical (unpaired) electrons. The van der Waals surface area contributed by atoms with Crippen molar-refractivity contribution in [2.24, 2.45) is 5.92 Å². The van der Waals surface area contributed by atoms with Gasteiger partial charge in [0.25, 0.3) is 0 Å². The van der Waals surface area contributed by atoms with E-state index in [1.807, 2.05) is 36.2 Å². The van der Waals surface area contributed by atoms with Crippen molar-refractivity contribution in [1.29, 1.82) is 0 Å². The molecule has 0 N–H and O–H groups in total. The molecule has 2 aliphatic heterocycles. The number of nitrogens with zero attached hydrogens (tertiary/aromatic N) is 2. The van der Waals surface area contributed by atoms with Crippen LogP contribution in [-0.4, -0.2) is 61.6 Å². The van der Waals surface area contributed by atoms with Crippen LogP contribution in [-0.2, 0) is 20.9 Å². The van der Waals surface area contributed by atoms with Gasteiger partial charge in [-0.1, -0.05) is 12.1 Å². The molecule has 26 heavy (non-hydrogen) atoms. The highest BCUT2D eigenvalue weighted by Crippen LogP contribution is 2.24. The van der Waals surface area contributed by atoms with Crippen LogP contribution < -0.4 is 4.74 Å². The van der Waals surface area contributed by atoms with Crippen LogP contribution in [0.25, 0.3) is 0 Å². The SMILES string of the molecule is COc1cccc(CN2C[C@@H](C(=O)N(C)C3CCOCC3)CCC2=O)c1. The molecule has 0 unspecified atom stereocenters. The van der Waals surface area contributed by atoms with Gasteiger partial charge in [-0.15, -0.1) is 0 Å². The fourth-order valence-electron chi connectivity index (χ4n) is 3.80. The lowest BCUT2D eigenvalue weighted by Gasteiger charge is -2.37. The molecule has 0 aliphatic carbocycles. The number of rotatable bonds is 5. The van der Waals surface area contributed by atoms with Crippen LogP contribution >= 0.6 is 0 Å². The lowest BCUT2D eigenvalue weighted by molar-refractivity contribution is -0.145. The lowest BCUT2D eigenvalue weighted by Crippen LogP contribution is -2.49. The van der Waals surface area contributed by atoms with E-state index in [1.165, 1.54) is 0 Å². The molecule has 6 nitrogen and oxygen atoms in total. The Morgan fingerprint density at radius 3 is 2.81 bits per heavy atom. The van der Waals surface area contributed by atoms with Crippen molar-refractivity contribution in [3.8, 4) is 5.75 Å². The van der Waals surface area contributed by atoms with Crippen molar-refractivity contribution in [3.63, 3.8) is 0 Å². The van der Waals surface area contributed by atoms with Gasteiger partial charge in [0.15, 0.2) is 0 Å². The maximum Gasteiger partial charge on any atom is 0.227 e. The molecule has 3 rings (SSSR count). The molecule has 1 aromatic carbocycles. The minimum Gasteiger partial charge on any atom is -0.497 e. The fraction of sp³-hybridized carbons (Fsp3) is 0.600. The van der Waals surface area contributed by atoms with Gasteiger partial charge in [-0.25, -0.2) is 0 Å². The van der Waals surface area contributed by atoms with Gasteiger partial charge in [0.2, 0.25) is 11.8 Å². The Labute approximate surface area is 155 Å². The van der Waals surface area contributed by atoms with E-state index in [1.54, 1.807) is 12.0 Å². The van der Waals surface area contributed by atoms with E-state index in [0.29, 0.717) is 39.1 Å². The van der Waals surface area contributed by atoms with Gasteiger partial charge < -0.3 is 19.3 Å². The Balaban J connectivity index is 1.63. The van der Waals surface area contributed by atoms with Crippen molar-refractivity contribution in [3.05, 3.63) is 29.8 Å². The van der Waals surface area contributed by atoms with E-state index >= 15 is 0 Å². The van der Waals surface area contributed by atoms with Crippen molar-refractivity contribution in [1.82, 2.24) is 9.80 Å². The summed E-state index contributed by atoms with van der Waals surface area (Å²) >= 11 is 0. The first kappa shape index (κ1) is 18.7. The highest BCUT2D eigenvalue weighted by atomic mass is 16.5. The van der Waals surface area contributed by atoms with Crippen LogP contribution in [0, 0.1) is 5.92 Å². The predicted molar refractivity (Wildman–Crippen MR) is 97.7 cm³/mol. The summed E-state index contributed by atoms with van der Waals surface area (Å²) in [4.78, 5) is 29.0. The number of benzene rings is 1. The van der Waals surface area contributed by atoms with E-state index < -0.39 is 0 Å². The summed E-state index contributed by atoms with van der Waals surface area (Å²) < 4.78 is 10.6. The molecule has 2 saturated heterocycles. The third-order valence-electron chi connectivity index (χ3n) is 5.44. The van der Waals surface area contributed by atoms with Gasteiger partial charge in [0, 0.05) is 45.8 Å². The molecule has 2 amide bonds. The van der Waals surface area contributed by atoms with Crippen LogP contribution in [0.4, 0.5) is 0 Å². The Hall–Kier alpha value is -2.08. The quantitative estimate of drug-likeness (QED) is 0.807. The minimum absolute atomic E-state index is 0.116. The average Bonchev–Trinajstić information content (AvgIpc) is 2.69. The summed E-state index contributed by atoms with van der Waals surface area (Å²) in [6.45, 7) is 2.43. The van der Waals surface area contributed by atoms with E-state index in [2.05, 4.69) is 0 Å². The number of methoxy groups -OCH3 is 1. The van der Waals surface area contributed by atoms with Crippen molar-refractivity contribution in [2.75, 3.05) is 33.9 Å². The molecule has 1 aromatic rings. The number of piperidine rings is 1. The number of ether oxygens (including phenoxy) is 2. The first-order valence-electron chi connectivity index (χ1n) is 9.33. The molecular weight excluding hydrogens is 332 g/mol. The average molecular weight is 360 g/mol. The molecule has 0 spiro atoms. The van der Waals surface area contributed by atoms with Crippen LogP contribution in [0.2, 0.25) is 0 Å². The molecular formula is C20H28N2O4. The van der Waals surface area contributed by atoms with E-state index in [-0.39, 0.29) is 23.8 Å². The van der Waals surface area contributed by atoms with Crippen LogP contribution in [0.15, 0.2) is 24.3 Å². The number of hydrogen-bond donors (Lipinski definition) is 0. The molecule has 2 aliphatic rings. The number of amides is 2. The standard InChI is InChI=1S/C20H28N2O4/c1-21(17-8-10-26-11-9-17)20(24)16-6-7-19(23)22(14-16)13-15-4-3-5-18(12-15)25-2/h3-5,12,16-17H,6-11,13-14H2,1-2H3/t16-/m0/s1. The lowest BCUT2D eigenvalue weighted by atomic mass is 9.94. The largest absolute Gasteiger partial charge is 0.497 e. The first-order chi connectivity index (χ1) is 12.6. The molecule has 2 heterocycles. The summed E-state index contributed by atoms with van der Waals surface area (Å²) in [6.07, 6.45) is 2.85. The summed E-state index contributed by atoms with van der Waals surface area (Å²) in [5.41, 5.74) is 1.02. The van der Waals surface area contributed by atoms with Crippen LogP contribution in [0.3, 0.4) is 0 Å². The zero-order valence-corrected chi connectivity index (χ0v) is 15.6. The highest BCUT2D eigenvalue weighted by Gasteiger charge is 2.34. The smallest absolute Gasteiger partial charge is 0.227 e. The van der Waals surface area contributed by atoms with Gasteiger partial charge in [-0.2, -0.15) is 0 Å². The molecule has 2 fully saturated rings. The molecule has 0 aromatic heterocycles. The third-order valence-corrected chi connectivity index (χ3v) is 5.44. The zero-order valence-electron chi connectivity index (χ0n) is 15.6. The van der Waals surface area contributed by atoms with Crippen molar-refractivity contribution < 1.29 is 19.1 Å². The van der Waals surface area contributed by atoms with E-state index in [9.17, 15) is 9.59 Å². The zero-order chi connectivity index (χ0) is 18.5. The summed E-state index contributed by atoms with van der Waals surface area (Å²) in [5, 5.41) is 0. The van der Waals surface area contributed by atoms with Gasteiger partial charge in [0.1, 0.15) is 5.75 Å². The van der Waals surface area contributed by atoms with Crippen molar-refractivity contribution >= 4 is 11.8 Å². The second kappa shape index (κ2) is 8.54. The monoisotopic (exact) mass is 360 g/mol. The summed E-state index contributed by atoms with van der Waals surface area (Å²) in [5.74, 6) is 0.926. The Kier molecular flexibility index (Phi) is 6.14. The minimum atomic E-state index is -0.119. The second-order valence-electron chi connectivity index (χ2n) is 7.15. The van der Waals surface area contributed by atoms with Crippen molar-refractivity contribution in [2.45, 2.75) is 38.3 Å². The number of hydrogen-bond acceptors (Lipinski definition) is 4.